The molecular formula is C18H18ClN3O2. The molecule has 3 aromatic rings. The van der Waals surface area contributed by atoms with Gasteiger partial charge in [-0.05, 0) is 36.8 Å². The maximum absolute atomic E-state index is 12.2. The van der Waals surface area contributed by atoms with Crippen LogP contribution in [0.2, 0.25) is 5.02 Å². The Balaban J connectivity index is 1.60. The Morgan fingerprint density at radius 2 is 2.04 bits per heavy atom. The van der Waals surface area contributed by atoms with Gasteiger partial charge < -0.3 is 10.1 Å². The molecule has 124 valence electrons. The number of carbonyl (C=O) groups excluding carboxylic acids is 1. The number of amides is 1. The fraction of sp³-hybridized carbons (Fsp3) is 0.222. The molecule has 3 rings (SSSR count). The van der Waals surface area contributed by atoms with Gasteiger partial charge >= 0.3 is 0 Å². The number of nitrogens with one attached hydrogen (secondary N) is 1. The number of fused-ring (bicyclic) bond motifs is 1. The van der Waals surface area contributed by atoms with Crippen LogP contribution in [-0.2, 0) is 17.9 Å². The van der Waals surface area contributed by atoms with Crippen LogP contribution in [0.4, 0.5) is 0 Å². The van der Waals surface area contributed by atoms with Gasteiger partial charge in [-0.25, -0.2) is 0 Å². The van der Waals surface area contributed by atoms with Gasteiger partial charge in [-0.2, -0.15) is 5.10 Å². The minimum Gasteiger partial charge on any atom is -0.494 e. The second-order valence-electron chi connectivity index (χ2n) is 5.33. The molecule has 0 atom stereocenters. The van der Waals surface area contributed by atoms with Crippen LogP contribution in [0.25, 0.3) is 10.9 Å². The van der Waals surface area contributed by atoms with Gasteiger partial charge in [-0.15, -0.1) is 0 Å². The molecule has 24 heavy (non-hydrogen) atoms. The van der Waals surface area contributed by atoms with E-state index in [2.05, 4.69) is 10.4 Å². The highest BCUT2D eigenvalue weighted by atomic mass is 35.5. The van der Waals surface area contributed by atoms with Crippen LogP contribution in [0.3, 0.4) is 0 Å². The van der Waals surface area contributed by atoms with Crippen molar-refractivity contribution in [3.63, 3.8) is 0 Å². The van der Waals surface area contributed by atoms with Crippen molar-refractivity contribution in [2.75, 3.05) is 6.61 Å². The lowest BCUT2D eigenvalue weighted by Gasteiger charge is -2.08. The van der Waals surface area contributed by atoms with Crippen molar-refractivity contribution in [2.24, 2.45) is 0 Å². The molecule has 0 spiro atoms. The van der Waals surface area contributed by atoms with Gasteiger partial charge in [-0.3, -0.25) is 9.48 Å². The maximum Gasteiger partial charge on any atom is 0.242 e. The Hall–Kier alpha value is -2.53. The lowest BCUT2D eigenvalue weighted by atomic mass is 10.2. The van der Waals surface area contributed by atoms with Gasteiger partial charge in [0, 0.05) is 11.9 Å². The fourth-order valence-corrected chi connectivity index (χ4v) is 2.68. The van der Waals surface area contributed by atoms with Crippen LogP contribution in [0.5, 0.6) is 5.75 Å². The second kappa shape index (κ2) is 7.36. The maximum atomic E-state index is 12.2. The summed E-state index contributed by atoms with van der Waals surface area (Å²) in [7, 11) is 0. The van der Waals surface area contributed by atoms with Crippen molar-refractivity contribution >= 4 is 28.4 Å². The number of benzene rings is 2. The molecule has 0 aliphatic heterocycles. The predicted octanol–water partition coefficient (Wildman–Crippen LogP) is 3.40. The summed E-state index contributed by atoms with van der Waals surface area (Å²) >= 11 is 6.12. The zero-order valence-corrected chi connectivity index (χ0v) is 14.1. The topological polar surface area (TPSA) is 56.1 Å². The lowest BCUT2D eigenvalue weighted by molar-refractivity contribution is -0.121. The smallest absolute Gasteiger partial charge is 0.242 e. The summed E-state index contributed by atoms with van der Waals surface area (Å²) in [6.45, 7) is 3.20. The molecule has 1 aromatic heterocycles. The number of ether oxygens (including phenoxy) is 1. The van der Waals surface area contributed by atoms with E-state index < -0.39 is 0 Å². The number of hydrogen-bond donors (Lipinski definition) is 1. The number of hydrogen-bond acceptors (Lipinski definition) is 3. The van der Waals surface area contributed by atoms with Crippen molar-refractivity contribution in [3.8, 4) is 5.75 Å². The third-order valence-corrected chi connectivity index (χ3v) is 3.98. The Bertz CT molecular complexity index is 843. The standard InChI is InChI=1S/C18H18ClN3O2/c1-2-24-14-8-6-13(7-9-14)10-20-18(23)12-22-17-5-3-4-16(19)15(17)11-21-22/h3-9,11H,2,10,12H2,1H3,(H,20,23). The Labute approximate surface area is 145 Å². The third-order valence-electron chi connectivity index (χ3n) is 3.65. The molecule has 0 bridgehead atoms. The van der Waals surface area contributed by atoms with Crippen LogP contribution < -0.4 is 10.1 Å². The predicted molar refractivity (Wildman–Crippen MR) is 94.2 cm³/mol. The van der Waals surface area contributed by atoms with Gasteiger partial charge in [0.1, 0.15) is 12.3 Å². The third kappa shape index (κ3) is 3.68. The first kappa shape index (κ1) is 16.3. The van der Waals surface area contributed by atoms with Crippen molar-refractivity contribution in [2.45, 2.75) is 20.0 Å². The zero-order chi connectivity index (χ0) is 16.9. The average molecular weight is 344 g/mol. The highest BCUT2D eigenvalue weighted by Crippen LogP contribution is 2.22. The number of aromatic nitrogens is 2. The van der Waals surface area contributed by atoms with Crippen molar-refractivity contribution in [3.05, 3.63) is 59.2 Å². The second-order valence-corrected chi connectivity index (χ2v) is 5.74. The number of rotatable bonds is 6. The Kier molecular flexibility index (Phi) is 5.01. The summed E-state index contributed by atoms with van der Waals surface area (Å²) in [5.74, 6) is 0.723. The monoisotopic (exact) mass is 343 g/mol. The number of carbonyl (C=O) groups is 1. The molecule has 0 unspecified atom stereocenters. The van der Waals surface area contributed by atoms with Crippen molar-refractivity contribution in [1.29, 1.82) is 0 Å². The summed E-state index contributed by atoms with van der Waals surface area (Å²) in [6, 6.07) is 13.2. The van der Waals surface area contributed by atoms with Gasteiger partial charge in [0.05, 0.1) is 23.3 Å². The van der Waals surface area contributed by atoms with Gasteiger partial charge in [-0.1, -0.05) is 29.8 Å². The van der Waals surface area contributed by atoms with Gasteiger partial charge in [0.2, 0.25) is 5.91 Å². The van der Waals surface area contributed by atoms with E-state index >= 15 is 0 Å². The molecule has 0 radical (unpaired) electrons. The fourth-order valence-electron chi connectivity index (χ4n) is 2.46. The molecule has 1 N–H and O–H groups in total. The van der Waals surface area contributed by atoms with Crippen LogP contribution in [0, 0.1) is 0 Å². The SMILES string of the molecule is CCOc1ccc(CNC(=O)Cn2ncc3c(Cl)cccc32)cc1. The van der Waals surface area contributed by atoms with Crippen molar-refractivity contribution in [1.82, 2.24) is 15.1 Å². The highest BCUT2D eigenvalue weighted by molar-refractivity contribution is 6.35. The molecule has 5 nitrogen and oxygen atoms in total. The molecule has 1 amide bonds. The van der Waals surface area contributed by atoms with E-state index in [0.29, 0.717) is 18.2 Å². The van der Waals surface area contributed by atoms with E-state index in [9.17, 15) is 4.79 Å². The molecule has 1 heterocycles. The summed E-state index contributed by atoms with van der Waals surface area (Å²) in [4.78, 5) is 12.2. The molecule has 0 fully saturated rings. The minimum absolute atomic E-state index is 0.103. The largest absolute Gasteiger partial charge is 0.494 e. The Morgan fingerprint density at radius 1 is 1.25 bits per heavy atom. The van der Waals surface area contributed by atoms with E-state index in [4.69, 9.17) is 16.3 Å². The number of nitrogens with zero attached hydrogens (tertiary/aromatic N) is 2. The van der Waals surface area contributed by atoms with Crippen molar-refractivity contribution < 1.29 is 9.53 Å². The zero-order valence-electron chi connectivity index (χ0n) is 13.3. The van der Waals surface area contributed by atoms with Gasteiger partial charge in [0.15, 0.2) is 0 Å². The molecule has 2 aromatic carbocycles. The van der Waals surface area contributed by atoms with E-state index in [0.717, 1.165) is 22.2 Å². The molecule has 6 heteroatoms. The lowest BCUT2D eigenvalue weighted by Crippen LogP contribution is -2.27. The number of halogens is 1. The first-order valence-electron chi connectivity index (χ1n) is 7.76. The van der Waals surface area contributed by atoms with Crippen LogP contribution in [0.15, 0.2) is 48.7 Å². The van der Waals surface area contributed by atoms with E-state index in [1.807, 2.05) is 49.4 Å². The summed E-state index contributed by atoms with van der Waals surface area (Å²) in [5, 5.41) is 8.61. The summed E-state index contributed by atoms with van der Waals surface area (Å²) in [6.07, 6.45) is 1.68. The quantitative estimate of drug-likeness (QED) is 0.746. The molecule has 0 saturated carbocycles. The van der Waals surface area contributed by atoms with Crippen LogP contribution in [-0.4, -0.2) is 22.3 Å². The average Bonchev–Trinajstić information content (AvgIpc) is 2.99. The first-order chi connectivity index (χ1) is 11.7. The van der Waals surface area contributed by atoms with Crippen LogP contribution in [0.1, 0.15) is 12.5 Å². The minimum atomic E-state index is -0.103. The highest BCUT2D eigenvalue weighted by Gasteiger charge is 2.09. The van der Waals surface area contributed by atoms with E-state index in [1.54, 1.807) is 10.9 Å². The summed E-state index contributed by atoms with van der Waals surface area (Å²) < 4.78 is 7.04. The molecule has 0 aliphatic carbocycles. The van der Waals surface area contributed by atoms with E-state index in [-0.39, 0.29) is 12.5 Å². The molecular weight excluding hydrogens is 326 g/mol. The molecule has 0 saturated heterocycles. The Morgan fingerprint density at radius 3 is 2.79 bits per heavy atom. The first-order valence-corrected chi connectivity index (χ1v) is 8.13. The molecule has 0 aliphatic rings. The normalized spacial score (nSPS) is 10.8. The van der Waals surface area contributed by atoms with E-state index in [1.165, 1.54) is 0 Å². The summed E-state index contributed by atoms with van der Waals surface area (Å²) in [5.41, 5.74) is 1.86. The van der Waals surface area contributed by atoms with Crippen LogP contribution >= 0.6 is 11.6 Å². The van der Waals surface area contributed by atoms with Gasteiger partial charge in [0.25, 0.3) is 0 Å².